The number of hydrogen-bond acceptors (Lipinski definition) is 7. The van der Waals surface area contributed by atoms with Gasteiger partial charge in [0.2, 0.25) is 5.76 Å². The minimum atomic E-state index is -5.08. The van der Waals surface area contributed by atoms with Crippen molar-refractivity contribution < 1.29 is 41.9 Å². The van der Waals surface area contributed by atoms with Gasteiger partial charge >= 0.3 is 12.1 Å². The molecule has 4 heterocycles. The van der Waals surface area contributed by atoms with Crippen molar-refractivity contribution in [1.82, 2.24) is 15.0 Å². The molecule has 2 aromatic heterocycles. The molecule has 0 spiro atoms. The molecule has 2 fully saturated rings. The number of carbonyl (C=O) groups excluding carboxylic acids is 1. The first-order chi connectivity index (χ1) is 15.1. The molecule has 0 saturated carbocycles. The molecule has 2 aromatic rings. The van der Waals surface area contributed by atoms with Gasteiger partial charge in [-0.15, -0.1) is 0 Å². The molecule has 3 atom stereocenters. The van der Waals surface area contributed by atoms with E-state index in [1.165, 1.54) is 0 Å². The maximum atomic E-state index is 12.5. The molecule has 0 unspecified atom stereocenters. The zero-order valence-corrected chi connectivity index (χ0v) is 17.1. The highest BCUT2D eigenvalue weighted by Gasteiger charge is 2.45. The largest absolute Gasteiger partial charge is 0.492 e. The van der Waals surface area contributed by atoms with Gasteiger partial charge in [0, 0.05) is 31.3 Å². The standard InChI is InChI=1S/C18H21N3O4.C2HF3O2/c1-12-7-16(25-20-12)18(22)21-9-15-13(11-24-17(15)10-21)4-6-23-14-3-2-5-19-8-14;3-2(4,5)1(6)7/h2-3,5,7-8,13,15,17H,4,6,9-11H2,1H3;(H,6,7)/t13-,15-,17-;/m0./s1. The Morgan fingerprint density at radius 2 is 2.09 bits per heavy atom. The number of nitrogens with zero attached hydrogens (tertiary/aromatic N) is 3. The molecule has 174 valence electrons. The molecule has 0 aromatic carbocycles. The molecule has 4 rings (SSSR count). The van der Waals surface area contributed by atoms with Crippen LogP contribution in [0.2, 0.25) is 0 Å². The molecule has 1 N–H and O–H groups in total. The van der Waals surface area contributed by atoms with Crippen LogP contribution >= 0.6 is 0 Å². The highest BCUT2D eigenvalue weighted by molar-refractivity contribution is 5.91. The second kappa shape index (κ2) is 9.98. The van der Waals surface area contributed by atoms with Crippen molar-refractivity contribution in [3.8, 4) is 5.75 Å². The van der Waals surface area contributed by atoms with Crippen molar-refractivity contribution in [2.24, 2.45) is 11.8 Å². The number of aliphatic carboxylic acids is 1. The molecule has 1 amide bonds. The van der Waals surface area contributed by atoms with E-state index in [-0.39, 0.29) is 12.0 Å². The molecular weight excluding hydrogens is 435 g/mol. The number of carbonyl (C=O) groups is 2. The molecule has 2 saturated heterocycles. The maximum Gasteiger partial charge on any atom is 0.490 e. The summed E-state index contributed by atoms with van der Waals surface area (Å²) in [5.74, 6) is -1.03. The topological polar surface area (TPSA) is 115 Å². The first kappa shape index (κ1) is 23.5. The van der Waals surface area contributed by atoms with Crippen LogP contribution in [0.15, 0.2) is 35.1 Å². The minimum Gasteiger partial charge on any atom is -0.492 e. The number of alkyl halides is 3. The van der Waals surface area contributed by atoms with Crippen molar-refractivity contribution in [3.05, 3.63) is 42.0 Å². The summed E-state index contributed by atoms with van der Waals surface area (Å²) < 4.78 is 48.5. The van der Waals surface area contributed by atoms with Gasteiger partial charge in [-0.05, 0) is 31.4 Å². The van der Waals surface area contributed by atoms with Crippen molar-refractivity contribution >= 4 is 11.9 Å². The number of hydrogen-bond donors (Lipinski definition) is 1. The van der Waals surface area contributed by atoms with Crippen LogP contribution in [0.5, 0.6) is 5.75 Å². The number of aromatic nitrogens is 2. The fourth-order valence-electron chi connectivity index (χ4n) is 3.64. The number of fused-ring (bicyclic) bond motifs is 1. The van der Waals surface area contributed by atoms with E-state index in [0.717, 1.165) is 18.8 Å². The third-order valence-electron chi connectivity index (χ3n) is 5.20. The van der Waals surface area contributed by atoms with Crippen molar-refractivity contribution in [3.63, 3.8) is 0 Å². The van der Waals surface area contributed by atoms with Gasteiger partial charge in [-0.1, -0.05) is 5.16 Å². The molecule has 32 heavy (non-hydrogen) atoms. The van der Waals surface area contributed by atoms with Crippen LogP contribution in [0.3, 0.4) is 0 Å². The molecule has 12 heteroatoms. The molecule has 9 nitrogen and oxygen atoms in total. The number of rotatable bonds is 5. The van der Waals surface area contributed by atoms with E-state index >= 15 is 0 Å². The number of carboxylic acid groups (broad SMARTS) is 1. The molecule has 0 bridgehead atoms. The van der Waals surface area contributed by atoms with Gasteiger partial charge in [-0.25, -0.2) is 4.79 Å². The lowest BCUT2D eigenvalue weighted by Gasteiger charge is -2.19. The third-order valence-corrected chi connectivity index (χ3v) is 5.20. The third kappa shape index (κ3) is 5.96. The summed E-state index contributed by atoms with van der Waals surface area (Å²) >= 11 is 0. The predicted molar refractivity (Wildman–Crippen MR) is 102 cm³/mol. The first-order valence-corrected chi connectivity index (χ1v) is 9.82. The Morgan fingerprint density at radius 1 is 1.34 bits per heavy atom. The van der Waals surface area contributed by atoms with Gasteiger partial charge in [-0.2, -0.15) is 13.2 Å². The lowest BCUT2D eigenvalue weighted by molar-refractivity contribution is -0.192. The van der Waals surface area contributed by atoms with Gasteiger partial charge in [0.15, 0.2) is 0 Å². The molecular formula is C20H22F3N3O6. The van der Waals surface area contributed by atoms with Crippen LogP contribution in [0.1, 0.15) is 22.7 Å². The van der Waals surface area contributed by atoms with Gasteiger partial charge in [-0.3, -0.25) is 9.78 Å². The Hall–Kier alpha value is -3.15. The van der Waals surface area contributed by atoms with E-state index in [0.29, 0.717) is 43.0 Å². The predicted octanol–water partition coefficient (Wildman–Crippen LogP) is 2.57. The summed E-state index contributed by atoms with van der Waals surface area (Å²) in [5.41, 5.74) is 0.712. The number of likely N-dealkylation sites (tertiary alicyclic amines) is 1. The quantitative estimate of drug-likeness (QED) is 0.729. The molecule has 0 radical (unpaired) electrons. The number of pyridine rings is 1. The van der Waals surface area contributed by atoms with Crippen molar-refractivity contribution in [2.75, 3.05) is 26.3 Å². The minimum absolute atomic E-state index is 0.107. The van der Waals surface area contributed by atoms with Gasteiger partial charge in [0.1, 0.15) is 5.75 Å². The van der Waals surface area contributed by atoms with E-state index in [1.807, 2.05) is 17.0 Å². The Bertz CT molecular complexity index is 921. The Labute approximate surface area is 181 Å². The van der Waals surface area contributed by atoms with E-state index in [9.17, 15) is 18.0 Å². The molecule has 2 aliphatic rings. The van der Waals surface area contributed by atoms with Crippen LogP contribution in [0, 0.1) is 18.8 Å². The zero-order chi connectivity index (χ0) is 23.3. The Morgan fingerprint density at radius 3 is 2.69 bits per heavy atom. The highest BCUT2D eigenvalue weighted by Crippen LogP contribution is 2.36. The first-order valence-electron chi connectivity index (χ1n) is 9.82. The number of amides is 1. The highest BCUT2D eigenvalue weighted by atomic mass is 19.4. The van der Waals surface area contributed by atoms with Crippen LogP contribution < -0.4 is 4.74 Å². The fourth-order valence-corrected chi connectivity index (χ4v) is 3.64. The lowest BCUT2D eigenvalue weighted by atomic mass is 9.91. The van der Waals surface area contributed by atoms with Crippen molar-refractivity contribution in [2.45, 2.75) is 25.6 Å². The van der Waals surface area contributed by atoms with Crippen LogP contribution in [0.4, 0.5) is 13.2 Å². The Balaban J connectivity index is 0.000000360. The summed E-state index contributed by atoms with van der Waals surface area (Å²) in [5, 5.41) is 10.9. The van der Waals surface area contributed by atoms with E-state index in [1.54, 1.807) is 25.4 Å². The number of halogens is 3. The summed E-state index contributed by atoms with van der Waals surface area (Å²) in [4.78, 5) is 27.2. The smallest absolute Gasteiger partial charge is 0.490 e. The van der Waals surface area contributed by atoms with Gasteiger partial charge in [0.25, 0.3) is 5.91 Å². The normalized spacial score (nSPS) is 22.1. The second-order valence-corrected chi connectivity index (χ2v) is 7.47. The average Bonchev–Trinajstić information content (AvgIpc) is 3.45. The summed E-state index contributed by atoms with van der Waals surface area (Å²) in [6.45, 7) is 4.47. The van der Waals surface area contributed by atoms with Gasteiger partial charge in [0.05, 0.1) is 31.2 Å². The van der Waals surface area contributed by atoms with Crippen LogP contribution in [-0.4, -0.2) is 70.6 Å². The summed E-state index contributed by atoms with van der Waals surface area (Å²) in [7, 11) is 0. The van der Waals surface area contributed by atoms with E-state index < -0.39 is 12.1 Å². The van der Waals surface area contributed by atoms with E-state index in [4.69, 9.17) is 23.9 Å². The number of carboxylic acids is 1. The fraction of sp³-hybridized carbons (Fsp3) is 0.500. The molecule has 0 aliphatic carbocycles. The maximum absolute atomic E-state index is 12.5. The number of ether oxygens (including phenoxy) is 2. The van der Waals surface area contributed by atoms with Crippen LogP contribution in [-0.2, 0) is 9.53 Å². The SMILES string of the molecule is Cc1cc(C(=O)N2C[C@H]3[C@@H](CCOc4cccnc4)CO[C@H]3C2)on1.O=C(O)C(F)(F)F. The zero-order valence-electron chi connectivity index (χ0n) is 17.1. The van der Waals surface area contributed by atoms with Crippen molar-refractivity contribution in [1.29, 1.82) is 0 Å². The van der Waals surface area contributed by atoms with Crippen LogP contribution in [0.25, 0.3) is 0 Å². The van der Waals surface area contributed by atoms with Gasteiger partial charge < -0.3 is 24.0 Å². The summed E-state index contributed by atoms with van der Waals surface area (Å²) in [6, 6.07) is 5.43. The monoisotopic (exact) mass is 457 g/mol. The average molecular weight is 457 g/mol. The molecule has 2 aliphatic heterocycles. The second-order valence-electron chi connectivity index (χ2n) is 7.47. The Kier molecular flexibility index (Phi) is 7.33. The lowest BCUT2D eigenvalue weighted by Crippen LogP contribution is -2.31. The number of aryl methyl sites for hydroxylation is 1. The summed E-state index contributed by atoms with van der Waals surface area (Å²) in [6.07, 6.45) is -0.637. The van der Waals surface area contributed by atoms with E-state index in [2.05, 4.69) is 10.1 Å².